The molecule has 0 saturated carbocycles. The Hall–Kier alpha value is -4.78. The van der Waals surface area contributed by atoms with Gasteiger partial charge in [-0.15, -0.1) is 0 Å². The van der Waals surface area contributed by atoms with Crippen LogP contribution < -0.4 is 16.4 Å². The number of carbonyl (C=O) groups is 1. The summed E-state index contributed by atoms with van der Waals surface area (Å²) in [6.07, 6.45) is 0.842. The van der Waals surface area contributed by atoms with Gasteiger partial charge in [0.15, 0.2) is 0 Å². The summed E-state index contributed by atoms with van der Waals surface area (Å²) < 4.78 is 29.1. The molecule has 12 heteroatoms. The topological polar surface area (TPSA) is 162 Å². The average Bonchev–Trinajstić information content (AvgIpc) is 3.58. The van der Waals surface area contributed by atoms with Crippen molar-refractivity contribution in [3.8, 4) is 0 Å². The normalized spacial score (nSPS) is 15.0. The van der Waals surface area contributed by atoms with Crippen LogP contribution in [0.4, 0.5) is 5.69 Å². The molecule has 43 heavy (non-hydrogen) atoms. The molecule has 1 saturated heterocycles. The molecule has 0 spiro atoms. The molecular formula is C31H32N8O3S. The Morgan fingerprint density at radius 2 is 1.84 bits per heavy atom. The molecule has 0 bridgehead atoms. The van der Waals surface area contributed by atoms with Crippen molar-refractivity contribution in [1.29, 1.82) is 5.41 Å². The summed E-state index contributed by atoms with van der Waals surface area (Å²) in [5, 5.41) is 15.0. The summed E-state index contributed by atoms with van der Waals surface area (Å²) in [7, 11) is -4.18. The predicted molar refractivity (Wildman–Crippen MR) is 168 cm³/mol. The zero-order valence-electron chi connectivity index (χ0n) is 23.6. The molecule has 0 atom stereocenters. The van der Waals surface area contributed by atoms with E-state index in [1.807, 2.05) is 25.1 Å². The molecular weight excluding hydrogens is 564 g/mol. The van der Waals surface area contributed by atoms with Crippen LogP contribution >= 0.6 is 0 Å². The van der Waals surface area contributed by atoms with E-state index >= 15 is 0 Å². The van der Waals surface area contributed by atoms with Crippen LogP contribution in [0.25, 0.3) is 21.9 Å². The van der Waals surface area contributed by atoms with Crippen molar-refractivity contribution < 1.29 is 13.2 Å². The Bertz CT molecular complexity index is 1990. The number of nitrogens with two attached hydrogens (primary N) is 1. The second-order valence-corrected chi connectivity index (χ2v) is 12.3. The van der Waals surface area contributed by atoms with Gasteiger partial charge in [-0.3, -0.25) is 9.69 Å². The molecule has 6 N–H and O–H groups in total. The van der Waals surface area contributed by atoms with Gasteiger partial charge in [-0.05, 0) is 61.0 Å². The average molecular weight is 597 g/mol. The minimum absolute atomic E-state index is 0.0421. The standard InChI is InChI=1S/C31H32N8O3S/c1-20-35-26-9-8-23(17-27(26)36-20)37-31(33)25(18-32)30(40)29-16-22-15-21(19-38-13-11-34-12-14-38)7-10-28(22)39(29)43(41,42)24-5-3-2-4-6-24/h2-10,15-18,32,34,37H,11-14,19,33H2,1H3,(H,35,36)/b31-25+,32-18?. The fourth-order valence-electron chi connectivity index (χ4n) is 5.42. The van der Waals surface area contributed by atoms with E-state index in [4.69, 9.17) is 11.1 Å². The van der Waals surface area contributed by atoms with Crippen molar-refractivity contribution in [3.63, 3.8) is 0 Å². The van der Waals surface area contributed by atoms with Crippen LogP contribution in [0.15, 0.2) is 89.1 Å². The highest BCUT2D eigenvalue weighted by atomic mass is 32.2. The van der Waals surface area contributed by atoms with E-state index in [0.717, 1.165) is 53.3 Å². The summed E-state index contributed by atoms with van der Waals surface area (Å²) in [5.74, 6) is -0.0226. The summed E-state index contributed by atoms with van der Waals surface area (Å²) in [5.41, 5.74) is 9.56. The van der Waals surface area contributed by atoms with E-state index < -0.39 is 15.8 Å². The maximum atomic E-state index is 14.0. The second kappa shape index (κ2) is 11.5. The van der Waals surface area contributed by atoms with E-state index in [-0.39, 0.29) is 22.0 Å². The van der Waals surface area contributed by atoms with E-state index in [9.17, 15) is 13.2 Å². The molecule has 1 aliphatic rings. The second-order valence-electron chi connectivity index (χ2n) is 10.5. The number of carbonyl (C=O) groups excluding carboxylic acids is 1. The number of aromatic nitrogens is 3. The van der Waals surface area contributed by atoms with Crippen molar-refractivity contribution >= 4 is 49.6 Å². The Morgan fingerprint density at radius 3 is 2.58 bits per heavy atom. The monoisotopic (exact) mass is 596 g/mol. The number of anilines is 1. The summed E-state index contributed by atoms with van der Waals surface area (Å²) in [6.45, 7) is 6.21. The Morgan fingerprint density at radius 1 is 1.07 bits per heavy atom. The number of Topliss-reactive ketones (excluding diaryl/α,β-unsaturated/α-hetero) is 1. The number of imidazole rings is 1. The fraction of sp³-hybridized carbons (Fsp3) is 0.194. The van der Waals surface area contributed by atoms with Crippen LogP contribution in [-0.2, 0) is 16.6 Å². The summed E-state index contributed by atoms with van der Waals surface area (Å²) in [6, 6.07) is 20.5. The summed E-state index contributed by atoms with van der Waals surface area (Å²) in [4.78, 5) is 24.0. The van der Waals surface area contributed by atoms with Crippen molar-refractivity contribution in [1.82, 2.24) is 24.2 Å². The van der Waals surface area contributed by atoms with Gasteiger partial charge < -0.3 is 26.8 Å². The third kappa shape index (κ3) is 5.55. The number of benzene rings is 3. The predicted octanol–water partition coefficient (Wildman–Crippen LogP) is 3.58. The molecule has 1 aliphatic heterocycles. The number of H-pyrrole nitrogens is 1. The molecule has 3 aromatic carbocycles. The number of aromatic amines is 1. The number of ketones is 1. The summed E-state index contributed by atoms with van der Waals surface area (Å²) >= 11 is 0. The lowest BCUT2D eigenvalue weighted by Gasteiger charge is -2.27. The molecule has 0 amide bonds. The quantitative estimate of drug-likeness (QED) is 0.0980. The van der Waals surface area contributed by atoms with Crippen molar-refractivity contribution in [2.45, 2.75) is 18.4 Å². The highest BCUT2D eigenvalue weighted by molar-refractivity contribution is 7.90. The number of rotatable bonds is 9. The number of fused-ring (bicyclic) bond motifs is 2. The fourth-order valence-corrected chi connectivity index (χ4v) is 6.95. The van der Waals surface area contributed by atoms with Crippen LogP contribution in [0.3, 0.4) is 0 Å². The third-order valence-corrected chi connectivity index (χ3v) is 9.25. The molecule has 0 unspecified atom stereocenters. The Balaban J connectivity index is 1.43. The number of hydrogen-bond acceptors (Lipinski definition) is 9. The Kier molecular flexibility index (Phi) is 7.57. The highest BCUT2D eigenvalue weighted by Gasteiger charge is 2.29. The first-order chi connectivity index (χ1) is 20.7. The number of nitrogens with one attached hydrogen (secondary N) is 4. The zero-order chi connectivity index (χ0) is 30.1. The van der Waals surface area contributed by atoms with E-state index in [0.29, 0.717) is 28.7 Å². The van der Waals surface area contributed by atoms with Gasteiger partial charge in [0, 0.05) is 50.0 Å². The van der Waals surface area contributed by atoms with Gasteiger partial charge in [-0.2, -0.15) is 0 Å². The lowest BCUT2D eigenvalue weighted by Crippen LogP contribution is -2.42. The highest BCUT2D eigenvalue weighted by Crippen LogP contribution is 2.29. The van der Waals surface area contributed by atoms with Gasteiger partial charge in [-0.1, -0.05) is 24.3 Å². The maximum Gasteiger partial charge on any atom is 0.268 e. The number of allylic oxidation sites excluding steroid dienone is 1. The first kappa shape index (κ1) is 28.3. The van der Waals surface area contributed by atoms with E-state index in [1.54, 1.807) is 42.5 Å². The Labute approximate surface area is 249 Å². The molecule has 6 rings (SSSR count). The van der Waals surface area contributed by atoms with E-state index in [1.165, 1.54) is 12.1 Å². The molecule has 11 nitrogen and oxygen atoms in total. The lowest BCUT2D eigenvalue weighted by atomic mass is 10.1. The van der Waals surface area contributed by atoms with Gasteiger partial charge in [0.2, 0.25) is 5.78 Å². The van der Waals surface area contributed by atoms with E-state index in [2.05, 4.69) is 25.5 Å². The largest absolute Gasteiger partial charge is 0.385 e. The molecule has 3 heterocycles. The van der Waals surface area contributed by atoms with Gasteiger partial charge in [0.1, 0.15) is 17.3 Å². The minimum atomic E-state index is -4.18. The van der Waals surface area contributed by atoms with Crippen LogP contribution in [0, 0.1) is 12.3 Å². The minimum Gasteiger partial charge on any atom is -0.385 e. The smallest absolute Gasteiger partial charge is 0.268 e. The lowest BCUT2D eigenvalue weighted by molar-refractivity contribution is 0.103. The van der Waals surface area contributed by atoms with Gasteiger partial charge in [-0.25, -0.2) is 17.4 Å². The molecule has 220 valence electrons. The van der Waals surface area contributed by atoms with Crippen molar-refractivity contribution in [3.05, 3.63) is 101 Å². The zero-order valence-corrected chi connectivity index (χ0v) is 24.4. The van der Waals surface area contributed by atoms with Gasteiger partial charge in [0.25, 0.3) is 10.0 Å². The molecule has 5 aromatic rings. The first-order valence-corrected chi connectivity index (χ1v) is 15.3. The number of aryl methyl sites for hydroxylation is 1. The maximum absolute atomic E-state index is 14.0. The SMILES string of the molecule is Cc1nc2cc(N/C(N)=C(\C=N)C(=O)c3cc4cc(CN5CCNCC5)ccc4n3S(=O)(=O)c3ccccc3)ccc2[nH]1. The van der Waals surface area contributed by atoms with Crippen LogP contribution in [-0.4, -0.2) is 65.4 Å². The number of piperazine rings is 1. The van der Waals surface area contributed by atoms with Crippen LogP contribution in [0.1, 0.15) is 21.9 Å². The molecule has 2 aromatic heterocycles. The van der Waals surface area contributed by atoms with Crippen LogP contribution in [0.5, 0.6) is 0 Å². The molecule has 0 aliphatic carbocycles. The van der Waals surface area contributed by atoms with Crippen LogP contribution in [0.2, 0.25) is 0 Å². The molecule has 1 fully saturated rings. The number of nitrogens with zero attached hydrogens (tertiary/aromatic N) is 3. The molecule has 0 radical (unpaired) electrons. The van der Waals surface area contributed by atoms with Crippen molar-refractivity contribution in [2.75, 3.05) is 31.5 Å². The van der Waals surface area contributed by atoms with Gasteiger partial charge >= 0.3 is 0 Å². The van der Waals surface area contributed by atoms with Gasteiger partial charge in [0.05, 0.1) is 27.0 Å². The first-order valence-electron chi connectivity index (χ1n) is 13.9. The third-order valence-electron chi connectivity index (χ3n) is 7.51. The van der Waals surface area contributed by atoms with Crippen molar-refractivity contribution in [2.24, 2.45) is 5.73 Å². The number of hydrogen-bond donors (Lipinski definition) is 5.